The van der Waals surface area contributed by atoms with E-state index in [-0.39, 0.29) is 17.9 Å². The van der Waals surface area contributed by atoms with Crippen LogP contribution in [0.25, 0.3) is 5.76 Å². The SMILES string of the molecule is COc1cc(C2/C(=C(\O)c3cc(C)cc(C)c3OC)C(=O)C(=O)N2Cc2cccs2)cc(OC)c1OC. The van der Waals surface area contributed by atoms with E-state index in [1.54, 1.807) is 18.2 Å². The zero-order valence-electron chi connectivity index (χ0n) is 21.6. The predicted octanol–water partition coefficient (Wildman–Crippen LogP) is 5.02. The number of rotatable bonds is 8. The molecule has 0 bridgehead atoms. The van der Waals surface area contributed by atoms with Gasteiger partial charge in [0.1, 0.15) is 11.5 Å². The second-order valence-corrected chi connectivity index (χ2v) is 9.66. The number of amides is 1. The fourth-order valence-corrected chi connectivity index (χ4v) is 5.47. The van der Waals surface area contributed by atoms with Crippen molar-refractivity contribution in [2.45, 2.75) is 26.4 Å². The van der Waals surface area contributed by atoms with Crippen molar-refractivity contribution in [2.75, 3.05) is 28.4 Å². The zero-order valence-corrected chi connectivity index (χ0v) is 22.4. The van der Waals surface area contributed by atoms with Gasteiger partial charge in [0.15, 0.2) is 11.5 Å². The van der Waals surface area contributed by atoms with Crippen molar-refractivity contribution in [3.05, 3.63) is 74.5 Å². The van der Waals surface area contributed by atoms with Crippen LogP contribution in [0.3, 0.4) is 0 Å². The van der Waals surface area contributed by atoms with Gasteiger partial charge < -0.3 is 29.0 Å². The third-order valence-electron chi connectivity index (χ3n) is 6.33. The molecule has 1 saturated heterocycles. The predicted molar refractivity (Wildman–Crippen MR) is 141 cm³/mol. The number of thiophene rings is 1. The summed E-state index contributed by atoms with van der Waals surface area (Å²) in [6.45, 7) is 3.92. The Morgan fingerprint density at radius 2 is 1.59 bits per heavy atom. The summed E-state index contributed by atoms with van der Waals surface area (Å²) >= 11 is 1.47. The number of hydrogen-bond donors (Lipinski definition) is 1. The first-order chi connectivity index (χ1) is 17.7. The van der Waals surface area contributed by atoms with Crippen LogP contribution in [0.15, 0.2) is 47.4 Å². The van der Waals surface area contributed by atoms with E-state index in [1.165, 1.54) is 44.7 Å². The van der Waals surface area contributed by atoms with Crippen molar-refractivity contribution < 1.29 is 33.6 Å². The van der Waals surface area contributed by atoms with E-state index in [9.17, 15) is 14.7 Å². The number of likely N-dealkylation sites (tertiary alicyclic amines) is 1. The van der Waals surface area contributed by atoms with E-state index in [4.69, 9.17) is 18.9 Å². The van der Waals surface area contributed by atoms with E-state index in [1.807, 2.05) is 37.4 Å². The molecule has 8 nitrogen and oxygen atoms in total. The number of hydrogen-bond acceptors (Lipinski definition) is 8. The fourth-order valence-electron chi connectivity index (χ4n) is 4.77. The minimum atomic E-state index is -0.915. The molecule has 37 heavy (non-hydrogen) atoms. The van der Waals surface area contributed by atoms with Gasteiger partial charge in [-0.2, -0.15) is 0 Å². The van der Waals surface area contributed by atoms with E-state index >= 15 is 0 Å². The highest BCUT2D eigenvalue weighted by atomic mass is 32.1. The van der Waals surface area contributed by atoms with E-state index in [0.29, 0.717) is 34.1 Å². The molecule has 1 unspecified atom stereocenters. The van der Waals surface area contributed by atoms with Crippen LogP contribution in [-0.4, -0.2) is 50.1 Å². The summed E-state index contributed by atoms with van der Waals surface area (Å²) in [5, 5.41) is 13.5. The molecule has 1 aliphatic heterocycles. The van der Waals surface area contributed by atoms with Gasteiger partial charge in [-0.15, -0.1) is 11.3 Å². The van der Waals surface area contributed by atoms with Crippen LogP contribution in [0.4, 0.5) is 0 Å². The van der Waals surface area contributed by atoms with Gasteiger partial charge in [-0.3, -0.25) is 9.59 Å². The van der Waals surface area contributed by atoms with Crippen LogP contribution in [0.5, 0.6) is 23.0 Å². The first-order valence-electron chi connectivity index (χ1n) is 11.5. The van der Waals surface area contributed by atoms with Crippen molar-refractivity contribution in [2.24, 2.45) is 0 Å². The second kappa shape index (κ2) is 10.6. The summed E-state index contributed by atoms with van der Waals surface area (Å²) in [6.07, 6.45) is 0. The number of aliphatic hydroxyl groups is 1. The molecule has 1 amide bonds. The molecule has 0 radical (unpaired) electrons. The minimum Gasteiger partial charge on any atom is -0.507 e. The highest BCUT2D eigenvalue weighted by molar-refractivity contribution is 7.09. The number of carbonyl (C=O) groups is 2. The molecule has 2 aromatic carbocycles. The molecule has 194 valence electrons. The van der Waals surface area contributed by atoms with Crippen LogP contribution >= 0.6 is 11.3 Å². The maximum atomic E-state index is 13.5. The lowest BCUT2D eigenvalue weighted by Crippen LogP contribution is -2.29. The lowest BCUT2D eigenvalue weighted by Gasteiger charge is -2.26. The van der Waals surface area contributed by atoms with E-state index in [0.717, 1.165) is 16.0 Å². The quantitative estimate of drug-likeness (QED) is 0.252. The molecule has 1 atom stereocenters. The number of ether oxygens (including phenoxy) is 4. The van der Waals surface area contributed by atoms with Crippen LogP contribution in [0, 0.1) is 13.8 Å². The average molecular weight is 524 g/mol. The van der Waals surface area contributed by atoms with Crippen molar-refractivity contribution in [1.29, 1.82) is 0 Å². The molecule has 0 spiro atoms. The monoisotopic (exact) mass is 523 g/mol. The maximum absolute atomic E-state index is 13.5. The Morgan fingerprint density at radius 1 is 0.946 bits per heavy atom. The van der Waals surface area contributed by atoms with Crippen LogP contribution in [0.2, 0.25) is 0 Å². The number of carbonyl (C=O) groups excluding carboxylic acids is 2. The van der Waals surface area contributed by atoms with Gasteiger partial charge in [0.25, 0.3) is 11.7 Å². The average Bonchev–Trinajstić information content (AvgIpc) is 3.49. The van der Waals surface area contributed by atoms with Gasteiger partial charge in [-0.1, -0.05) is 12.1 Å². The Hall–Kier alpha value is -3.98. The molecule has 4 rings (SSSR count). The molecule has 1 aliphatic rings. The third-order valence-corrected chi connectivity index (χ3v) is 7.19. The first kappa shape index (κ1) is 26.1. The topological polar surface area (TPSA) is 94.5 Å². The molecule has 1 N–H and O–H groups in total. The van der Waals surface area contributed by atoms with E-state index < -0.39 is 17.7 Å². The largest absolute Gasteiger partial charge is 0.507 e. The Kier molecular flexibility index (Phi) is 7.45. The number of benzene rings is 2. The highest BCUT2D eigenvalue weighted by Gasteiger charge is 2.47. The van der Waals surface area contributed by atoms with E-state index in [2.05, 4.69) is 0 Å². The van der Waals surface area contributed by atoms with Crippen LogP contribution < -0.4 is 18.9 Å². The van der Waals surface area contributed by atoms with Crippen molar-refractivity contribution in [3.8, 4) is 23.0 Å². The number of methoxy groups -OCH3 is 4. The maximum Gasteiger partial charge on any atom is 0.295 e. The molecule has 1 aromatic heterocycles. The van der Waals surface area contributed by atoms with Gasteiger partial charge in [0, 0.05) is 4.88 Å². The molecular formula is C28H29NO7S. The summed E-state index contributed by atoms with van der Waals surface area (Å²) in [7, 11) is 5.98. The number of ketones is 1. The van der Waals surface area contributed by atoms with Gasteiger partial charge >= 0.3 is 0 Å². The lowest BCUT2D eigenvalue weighted by molar-refractivity contribution is -0.140. The van der Waals surface area contributed by atoms with Gasteiger partial charge in [0.05, 0.1) is 52.2 Å². The Balaban J connectivity index is 2.01. The molecule has 9 heteroatoms. The first-order valence-corrected chi connectivity index (χ1v) is 12.4. The molecule has 2 heterocycles. The van der Waals surface area contributed by atoms with Crippen molar-refractivity contribution in [3.63, 3.8) is 0 Å². The van der Waals surface area contributed by atoms with Gasteiger partial charge in [0.2, 0.25) is 5.75 Å². The molecular weight excluding hydrogens is 494 g/mol. The summed E-state index contributed by atoms with van der Waals surface area (Å²) in [5.41, 5.74) is 2.49. The second-order valence-electron chi connectivity index (χ2n) is 8.63. The summed E-state index contributed by atoms with van der Waals surface area (Å²) in [5.74, 6) is -0.276. The lowest BCUT2D eigenvalue weighted by atomic mass is 9.93. The highest BCUT2D eigenvalue weighted by Crippen LogP contribution is 2.47. The molecule has 3 aromatic rings. The Labute approximate surface area is 219 Å². The van der Waals surface area contributed by atoms with Gasteiger partial charge in [-0.05, 0) is 60.2 Å². The minimum absolute atomic E-state index is 0.0425. The Morgan fingerprint density at radius 3 is 2.14 bits per heavy atom. The number of Topliss-reactive ketones (excluding diaryl/α,β-unsaturated/α-hetero) is 1. The Bertz CT molecular complexity index is 1350. The molecule has 1 fully saturated rings. The zero-order chi connectivity index (χ0) is 26.9. The summed E-state index contributed by atoms with van der Waals surface area (Å²) in [6, 6.07) is 9.88. The van der Waals surface area contributed by atoms with Crippen LogP contribution in [0.1, 0.15) is 33.2 Å². The van der Waals surface area contributed by atoms with Gasteiger partial charge in [-0.25, -0.2) is 0 Å². The summed E-state index contributed by atoms with van der Waals surface area (Å²) < 4.78 is 22.1. The van der Waals surface area contributed by atoms with Crippen LogP contribution in [-0.2, 0) is 16.1 Å². The summed E-state index contributed by atoms with van der Waals surface area (Å²) in [4.78, 5) is 29.3. The number of aryl methyl sites for hydroxylation is 2. The third kappa shape index (κ3) is 4.62. The standard InChI is InChI=1S/C28H29NO7S/c1-15-10-16(2)26(35-5)19(11-15)24(30)22-23(17-12-20(33-3)27(36-6)21(13-17)34-4)29(28(32)25(22)31)14-18-8-7-9-37-18/h7-13,23,30H,14H2,1-6H3/b24-22+. The smallest absolute Gasteiger partial charge is 0.295 e. The fraction of sp³-hybridized carbons (Fsp3) is 0.286. The van der Waals surface area contributed by atoms with Crippen molar-refractivity contribution >= 4 is 28.8 Å². The normalized spacial score (nSPS) is 16.7. The van der Waals surface area contributed by atoms with Crippen molar-refractivity contribution in [1.82, 2.24) is 4.90 Å². The molecule has 0 aliphatic carbocycles. The molecule has 0 saturated carbocycles. The number of nitrogens with zero attached hydrogens (tertiary/aromatic N) is 1. The number of aliphatic hydroxyl groups excluding tert-OH is 1.